The first-order valence-electron chi connectivity index (χ1n) is 8.58. The van der Waals surface area contributed by atoms with Gasteiger partial charge in [0, 0.05) is 45.2 Å². The lowest BCUT2D eigenvalue weighted by atomic mass is 9.56. The zero-order chi connectivity index (χ0) is 18.6. The number of nitrogens with one attached hydrogen (secondary N) is 2. The first-order chi connectivity index (χ1) is 11.1. The van der Waals surface area contributed by atoms with Crippen molar-refractivity contribution in [1.29, 1.82) is 0 Å². The van der Waals surface area contributed by atoms with Gasteiger partial charge in [-0.3, -0.25) is 4.99 Å². The molecule has 1 aliphatic carbocycles. The Kier molecular flexibility index (Phi) is 9.65. The van der Waals surface area contributed by atoms with Gasteiger partial charge in [-0.15, -0.1) is 24.0 Å². The van der Waals surface area contributed by atoms with Gasteiger partial charge in [0.05, 0.1) is 11.4 Å². The Bertz CT molecular complexity index is 550. The third-order valence-corrected chi connectivity index (χ3v) is 7.59. The van der Waals surface area contributed by atoms with Crippen LogP contribution in [-0.4, -0.2) is 69.9 Å². The summed E-state index contributed by atoms with van der Waals surface area (Å²) in [4.78, 5) is 4.20. The van der Waals surface area contributed by atoms with Crippen molar-refractivity contribution in [3.8, 4) is 0 Å². The molecule has 1 rings (SSSR count). The number of nitrogens with zero attached hydrogens (tertiary/aromatic N) is 2. The van der Waals surface area contributed by atoms with E-state index in [4.69, 9.17) is 4.74 Å². The van der Waals surface area contributed by atoms with Crippen molar-refractivity contribution in [2.45, 2.75) is 52.7 Å². The van der Waals surface area contributed by atoms with Crippen molar-refractivity contribution in [1.82, 2.24) is 14.9 Å². The number of hydrogen-bond donors (Lipinski definition) is 2. The number of aliphatic imine (C=N–C) groups is 1. The molecule has 0 bridgehead atoms. The average molecular weight is 490 g/mol. The van der Waals surface area contributed by atoms with Gasteiger partial charge in [-0.1, -0.05) is 27.7 Å². The maximum Gasteiger partial charge on any atom is 0.215 e. The number of ether oxygens (including phenoxy) is 1. The van der Waals surface area contributed by atoms with Crippen LogP contribution < -0.4 is 10.6 Å². The molecule has 0 spiro atoms. The number of rotatable bonds is 8. The summed E-state index contributed by atoms with van der Waals surface area (Å²) in [5.74, 6) is 0.681. The molecule has 0 radical (unpaired) electrons. The van der Waals surface area contributed by atoms with Crippen molar-refractivity contribution in [2.24, 2.45) is 10.4 Å². The predicted octanol–water partition coefficient (Wildman–Crippen LogP) is 1.64. The van der Waals surface area contributed by atoms with Gasteiger partial charge in [-0.25, -0.2) is 12.7 Å². The van der Waals surface area contributed by atoms with E-state index in [1.165, 1.54) is 4.31 Å². The van der Waals surface area contributed by atoms with Gasteiger partial charge in [0.25, 0.3) is 0 Å². The zero-order valence-corrected chi connectivity index (χ0v) is 19.7. The van der Waals surface area contributed by atoms with E-state index in [0.29, 0.717) is 25.6 Å². The van der Waals surface area contributed by atoms with Crippen molar-refractivity contribution in [3.63, 3.8) is 0 Å². The van der Waals surface area contributed by atoms with Crippen LogP contribution in [0.1, 0.15) is 41.0 Å². The molecule has 2 N–H and O–H groups in total. The van der Waals surface area contributed by atoms with Crippen LogP contribution in [0.2, 0.25) is 0 Å². The lowest BCUT2D eigenvalue weighted by Gasteiger charge is -2.59. The molecule has 1 fully saturated rings. The van der Waals surface area contributed by atoms with E-state index < -0.39 is 10.0 Å². The fourth-order valence-electron chi connectivity index (χ4n) is 3.13. The maximum absolute atomic E-state index is 12.2. The maximum atomic E-state index is 12.2. The van der Waals surface area contributed by atoms with Gasteiger partial charge in [-0.2, -0.15) is 0 Å². The Morgan fingerprint density at radius 1 is 1.28 bits per heavy atom. The summed E-state index contributed by atoms with van der Waals surface area (Å²) < 4.78 is 31.5. The van der Waals surface area contributed by atoms with Crippen LogP contribution >= 0.6 is 24.0 Å². The van der Waals surface area contributed by atoms with E-state index in [-0.39, 0.29) is 46.8 Å². The minimum Gasteiger partial charge on any atom is -0.378 e. The zero-order valence-electron chi connectivity index (χ0n) is 16.5. The second-order valence-electron chi connectivity index (χ2n) is 6.96. The normalized spacial score (nSPS) is 25.9. The molecule has 0 heterocycles. The van der Waals surface area contributed by atoms with Crippen LogP contribution in [0, 0.1) is 5.41 Å². The van der Waals surface area contributed by atoms with Crippen molar-refractivity contribution in [2.75, 3.05) is 39.5 Å². The fourth-order valence-corrected chi connectivity index (χ4v) is 4.53. The smallest absolute Gasteiger partial charge is 0.215 e. The Morgan fingerprint density at radius 3 is 2.24 bits per heavy atom. The fraction of sp³-hybridized carbons (Fsp3) is 0.938. The van der Waals surface area contributed by atoms with E-state index in [1.54, 1.807) is 14.2 Å². The van der Waals surface area contributed by atoms with Crippen LogP contribution in [0.15, 0.2) is 4.99 Å². The standard InChI is InChI=1S/C16H34N4O3S.HI/c1-8-20(9-2)24(21,22)11-10-18-14(17-6)19-13-12-16(5,23-7)15(13,3)4;/h13H,8-12H2,1-7H3,(H2,17,18,19);1H. The molecule has 150 valence electrons. The molecule has 2 atom stereocenters. The van der Waals surface area contributed by atoms with Crippen LogP contribution in [0.25, 0.3) is 0 Å². The second-order valence-corrected chi connectivity index (χ2v) is 9.05. The van der Waals surface area contributed by atoms with Gasteiger partial charge in [0.2, 0.25) is 10.0 Å². The van der Waals surface area contributed by atoms with E-state index >= 15 is 0 Å². The number of sulfonamides is 1. The summed E-state index contributed by atoms with van der Waals surface area (Å²) in [5.41, 5.74) is -0.192. The van der Waals surface area contributed by atoms with Crippen LogP contribution in [0.5, 0.6) is 0 Å². The molecular formula is C16H35IN4O3S. The van der Waals surface area contributed by atoms with Crippen LogP contribution in [0.4, 0.5) is 0 Å². The van der Waals surface area contributed by atoms with E-state index in [9.17, 15) is 8.42 Å². The summed E-state index contributed by atoms with van der Waals surface area (Å²) in [6.45, 7) is 11.5. The molecule has 0 aromatic heterocycles. The second kappa shape index (κ2) is 9.70. The van der Waals surface area contributed by atoms with Crippen LogP contribution in [0.3, 0.4) is 0 Å². The van der Waals surface area contributed by atoms with Crippen molar-refractivity contribution >= 4 is 40.0 Å². The summed E-state index contributed by atoms with van der Waals surface area (Å²) in [5, 5.41) is 6.48. The SMILES string of the molecule is CCN(CC)S(=O)(=O)CCNC(=NC)NC1CC(C)(OC)C1(C)C.I. The molecule has 0 aromatic carbocycles. The molecule has 0 amide bonds. The molecule has 9 heteroatoms. The molecule has 2 unspecified atom stereocenters. The molecular weight excluding hydrogens is 455 g/mol. The molecule has 0 aliphatic heterocycles. The quantitative estimate of drug-likeness (QED) is 0.307. The molecule has 1 aliphatic rings. The first-order valence-corrected chi connectivity index (χ1v) is 10.2. The largest absolute Gasteiger partial charge is 0.378 e. The third-order valence-electron chi connectivity index (χ3n) is 5.56. The minimum atomic E-state index is -3.22. The lowest BCUT2D eigenvalue weighted by Crippen LogP contribution is -2.69. The number of hydrogen-bond acceptors (Lipinski definition) is 4. The summed E-state index contributed by atoms with van der Waals surface area (Å²) >= 11 is 0. The Morgan fingerprint density at radius 2 is 1.84 bits per heavy atom. The van der Waals surface area contributed by atoms with E-state index in [2.05, 4.69) is 36.4 Å². The van der Waals surface area contributed by atoms with E-state index in [0.717, 1.165) is 6.42 Å². The lowest BCUT2D eigenvalue weighted by molar-refractivity contribution is -0.176. The Hall–Kier alpha value is -0.130. The minimum absolute atomic E-state index is 0. The molecule has 7 nitrogen and oxygen atoms in total. The van der Waals surface area contributed by atoms with Gasteiger partial charge >= 0.3 is 0 Å². The van der Waals surface area contributed by atoms with E-state index in [1.807, 2.05) is 13.8 Å². The topological polar surface area (TPSA) is 83.0 Å². The summed E-state index contributed by atoms with van der Waals surface area (Å²) in [6, 6.07) is 0.230. The third kappa shape index (κ3) is 5.43. The number of methoxy groups -OCH3 is 1. The molecule has 0 aromatic rings. The monoisotopic (exact) mass is 490 g/mol. The highest BCUT2D eigenvalue weighted by atomic mass is 127. The highest BCUT2D eigenvalue weighted by molar-refractivity contribution is 14.0. The van der Waals surface area contributed by atoms with Crippen molar-refractivity contribution < 1.29 is 13.2 Å². The van der Waals surface area contributed by atoms with Gasteiger partial charge in [-0.05, 0) is 13.3 Å². The molecule has 0 saturated heterocycles. The molecule has 1 saturated carbocycles. The Balaban J connectivity index is 0.00000576. The summed E-state index contributed by atoms with van der Waals surface area (Å²) in [7, 11) is 0.205. The highest BCUT2D eigenvalue weighted by Gasteiger charge is 2.58. The number of halogens is 1. The average Bonchev–Trinajstić information content (AvgIpc) is 2.53. The van der Waals surface area contributed by atoms with Gasteiger partial charge in [0.1, 0.15) is 0 Å². The molecule has 25 heavy (non-hydrogen) atoms. The van der Waals surface area contributed by atoms with Gasteiger partial charge in [0.15, 0.2) is 5.96 Å². The van der Waals surface area contributed by atoms with Crippen molar-refractivity contribution in [3.05, 3.63) is 0 Å². The predicted molar refractivity (Wildman–Crippen MR) is 114 cm³/mol. The Labute approximate surface area is 170 Å². The van der Waals surface area contributed by atoms with Crippen LogP contribution in [-0.2, 0) is 14.8 Å². The number of guanidine groups is 1. The van der Waals surface area contributed by atoms with Gasteiger partial charge < -0.3 is 15.4 Å². The highest BCUT2D eigenvalue weighted by Crippen LogP contribution is 2.51. The first kappa shape index (κ1) is 24.9. The summed E-state index contributed by atoms with van der Waals surface area (Å²) in [6.07, 6.45) is 0.884.